The van der Waals surface area contributed by atoms with Crippen molar-refractivity contribution in [3.8, 4) is 22.8 Å². The summed E-state index contributed by atoms with van der Waals surface area (Å²) >= 11 is 12.4. The molecule has 1 amide bonds. The smallest absolute Gasteiger partial charge is 0.250 e. The lowest BCUT2D eigenvalue weighted by molar-refractivity contribution is -0.118. The molecule has 10 heteroatoms. The van der Waals surface area contributed by atoms with Gasteiger partial charge in [0.25, 0.3) is 5.91 Å². The predicted molar refractivity (Wildman–Crippen MR) is 174 cm³/mol. The molecule has 0 bridgehead atoms. The number of hydrogen-bond donors (Lipinski definition) is 1. The number of thioether (sulfide) groups is 1. The maximum absolute atomic E-state index is 12.4. The van der Waals surface area contributed by atoms with Crippen molar-refractivity contribution >= 4 is 62.8 Å². The number of halogens is 2. The van der Waals surface area contributed by atoms with Gasteiger partial charge in [0.2, 0.25) is 0 Å². The average Bonchev–Trinajstić information content (AvgIpc) is 3.41. The fourth-order valence-electron chi connectivity index (χ4n) is 3.74. The highest BCUT2D eigenvalue weighted by atomic mass is 79.9. The van der Waals surface area contributed by atoms with Crippen molar-refractivity contribution in [3.63, 3.8) is 0 Å². The summed E-state index contributed by atoms with van der Waals surface area (Å²) in [5, 5.41) is 6.77. The molecule has 0 saturated heterocycles. The van der Waals surface area contributed by atoms with Crippen LogP contribution in [-0.4, -0.2) is 29.5 Å². The largest absolute Gasteiger partial charge is 0.490 e. The van der Waals surface area contributed by atoms with Gasteiger partial charge in [-0.1, -0.05) is 80.5 Å². The summed E-state index contributed by atoms with van der Waals surface area (Å²) in [6.45, 7) is 9.39. The van der Waals surface area contributed by atoms with E-state index in [1.54, 1.807) is 6.21 Å². The fourth-order valence-corrected chi connectivity index (χ4v) is 6.06. The SMILES string of the molecule is CCOc1cc(/C=N/NC(=O)CSc2nc(-c3ccc(Cl)cc3)cs2)cc(Br)c1OCc1ccc(C(C)(C)C)cc1. The Morgan fingerprint density at radius 2 is 1.85 bits per heavy atom. The van der Waals surface area contributed by atoms with Crippen LogP contribution in [0.15, 0.2) is 80.0 Å². The number of nitrogens with zero attached hydrogens (tertiary/aromatic N) is 2. The van der Waals surface area contributed by atoms with Crippen LogP contribution >= 0.6 is 50.6 Å². The van der Waals surface area contributed by atoms with Gasteiger partial charge in [-0.25, -0.2) is 10.4 Å². The van der Waals surface area contributed by atoms with Gasteiger partial charge in [-0.3, -0.25) is 4.79 Å². The van der Waals surface area contributed by atoms with E-state index < -0.39 is 0 Å². The van der Waals surface area contributed by atoms with Crippen molar-refractivity contribution in [1.82, 2.24) is 10.4 Å². The van der Waals surface area contributed by atoms with Gasteiger partial charge >= 0.3 is 0 Å². The van der Waals surface area contributed by atoms with E-state index in [0.717, 1.165) is 31.2 Å². The number of thiazole rings is 1. The van der Waals surface area contributed by atoms with E-state index in [9.17, 15) is 4.79 Å². The minimum atomic E-state index is -0.226. The lowest BCUT2D eigenvalue weighted by Gasteiger charge is -2.19. The molecule has 6 nitrogen and oxygen atoms in total. The number of hydrogen-bond acceptors (Lipinski definition) is 7. The Balaban J connectivity index is 1.32. The standard InChI is InChI=1S/C31H31BrClN3O3S2/c1-5-38-27-15-21(14-25(32)29(27)39-17-20-6-10-23(11-7-20)31(2,3)4)16-34-36-28(37)19-41-30-35-26(18-40-30)22-8-12-24(33)13-9-22/h6-16,18H,5,17,19H2,1-4H3,(H,36,37)/b34-16+. The van der Waals surface area contributed by atoms with Crippen LogP contribution in [-0.2, 0) is 16.8 Å². The number of nitrogens with one attached hydrogen (secondary N) is 1. The Bertz CT molecular complexity index is 1500. The van der Waals surface area contributed by atoms with Crippen LogP contribution in [0.25, 0.3) is 11.3 Å². The molecule has 0 fully saturated rings. The van der Waals surface area contributed by atoms with E-state index >= 15 is 0 Å². The summed E-state index contributed by atoms with van der Waals surface area (Å²) in [5.41, 5.74) is 7.61. The topological polar surface area (TPSA) is 72.8 Å². The molecule has 3 aromatic carbocycles. The molecule has 4 aromatic rings. The Hall–Kier alpha value is -2.85. The second-order valence-corrected chi connectivity index (χ2v) is 13.5. The first-order valence-corrected chi connectivity index (χ1v) is 16.0. The Morgan fingerprint density at radius 1 is 1.12 bits per heavy atom. The second kappa shape index (κ2) is 14.4. The van der Waals surface area contributed by atoms with Gasteiger partial charge in [-0.05, 0) is 69.2 Å². The monoisotopic (exact) mass is 671 g/mol. The van der Waals surface area contributed by atoms with E-state index in [2.05, 4.69) is 76.5 Å². The minimum Gasteiger partial charge on any atom is -0.490 e. The lowest BCUT2D eigenvalue weighted by atomic mass is 9.87. The number of amides is 1. The normalized spacial score (nSPS) is 11.6. The van der Waals surface area contributed by atoms with Crippen LogP contribution in [0.2, 0.25) is 5.02 Å². The van der Waals surface area contributed by atoms with Crippen molar-refractivity contribution in [2.75, 3.05) is 12.4 Å². The first-order chi connectivity index (χ1) is 19.6. The van der Waals surface area contributed by atoms with E-state index in [1.165, 1.54) is 28.7 Å². The van der Waals surface area contributed by atoms with E-state index in [0.29, 0.717) is 29.7 Å². The number of ether oxygens (including phenoxy) is 2. The van der Waals surface area contributed by atoms with Crippen molar-refractivity contribution in [1.29, 1.82) is 0 Å². The summed E-state index contributed by atoms with van der Waals surface area (Å²) < 4.78 is 13.5. The third-order valence-corrected chi connectivity index (χ3v) is 8.75. The zero-order valence-electron chi connectivity index (χ0n) is 23.2. The molecule has 4 rings (SSSR count). The van der Waals surface area contributed by atoms with Gasteiger partial charge in [-0.2, -0.15) is 5.10 Å². The molecule has 0 spiro atoms. The second-order valence-electron chi connectivity index (χ2n) is 10.1. The van der Waals surface area contributed by atoms with Crippen LogP contribution in [0.4, 0.5) is 0 Å². The molecule has 0 radical (unpaired) electrons. The molecule has 0 atom stereocenters. The molecule has 41 heavy (non-hydrogen) atoms. The van der Waals surface area contributed by atoms with Gasteiger partial charge in [0.15, 0.2) is 15.8 Å². The lowest BCUT2D eigenvalue weighted by Crippen LogP contribution is -2.19. The van der Waals surface area contributed by atoms with Gasteiger partial charge in [0.05, 0.1) is 28.7 Å². The fraction of sp³-hybridized carbons (Fsp3) is 0.258. The number of carbonyl (C=O) groups excluding carboxylic acids is 1. The summed E-state index contributed by atoms with van der Waals surface area (Å²) in [6.07, 6.45) is 1.58. The van der Waals surface area contributed by atoms with Crippen molar-refractivity contribution in [3.05, 3.63) is 92.2 Å². The van der Waals surface area contributed by atoms with Gasteiger partial charge < -0.3 is 9.47 Å². The summed E-state index contributed by atoms with van der Waals surface area (Å²) in [5.74, 6) is 1.18. The highest BCUT2D eigenvalue weighted by Crippen LogP contribution is 2.37. The zero-order chi connectivity index (χ0) is 29.4. The maximum Gasteiger partial charge on any atom is 0.250 e. The van der Waals surface area contributed by atoms with Crippen LogP contribution in [0, 0.1) is 0 Å². The minimum absolute atomic E-state index is 0.101. The molecule has 0 aliphatic rings. The molecule has 0 aliphatic heterocycles. The quantitative estimate of drug-likeness (QED) is 0.0980. The van der Waals surface area contributed by atoms with E-state index in [4.69, 9.17) is 21.1 Å². The van der Waals surface area contributed by atoms with Crippen molar-refractivity contribution < 1.29 is 14.3 Å². The van der Waals surface area contributed by atoms with E-state index in [-0.39, 0.29) is 17.1 Å². The van der Waals surface area contributed by atoms with Crippen molar-refractivity contribution in [2.45, 2.75) is 44.1 Å². The van der Waals surface area contributed by atoms with Crippen LogP contribution < -0.4 is 14.9 Å². The third-order valence-electron chi connectivity index (χ3n) is 5.89. The number of benzene rings is 3. The van der Waals surface area contributed by atoms with Crippen LogP contribution in [0.5, 0.6) is 11.5 Å². The Morgan fingerprint density at radius 3 is 2.54 bits per heavy atom. The van der Waals surface area contributed by atoms with Gasteiger partial charge in [-0.15, -0.1) is 11.3 Å². The zero-order valence-corrected chi connectivity index (χ0v) is 27.2. The van der Waals surface area contributed by atoms with Crippen LogP contribution in [0.1, 0.15) is 44.4 Å². The highest BCUT2D eigenvalue weighted by Gasteiger charge is 2.15. The third kappa shape index (κ3) is 9.07. The summed E-state index contributed by atoms with van der Waals surface area (Å²) in [7, 11) is 0. The predicted octanol–water partition coefficient (Wildman–Crippen LogP) is 8.74. The molecule has 0 unspecified atom stereocenters. The maximum atomic E-state index is 12.4. The molecule has 214 valence electrons. The molecule has 1 aromatic heterocycles. The first kappa shape index (κ1) is 31.1. The Labute approximate surface area is 262 Å². The molecule has 1 N–H and O–H groups in total. The average molecular weight is 673 g/mol. The highest BCUT2D eigenvalue weighted by molar-refractivity contribution is 9.10. The number of carbonyl (C=O) groups is 1. The van der Waals surface area contributed by atoms with E-state index in [1.807, 2.05) is 48.7 Å². The summed E-state index contributed by atoms with van der Waals surface area (Å²) in [6, 6.07) is 19.7. The molecule has 0 saturated carbocycles. The molecular weight excluding hydrogens is 642 g/mol. The van der Waals surface area contributed by atoms with Gasteiger partial charge in [0, 0.05) is 16.0 Å². The van der Waals surface area contributed by atoms with Crippen molar-refractivity contribution in [2.24, 2.45) is 5.10 Å². The number of hydrazone groups is 1. The molecule has 1 heterocycles. The first-order valence-electron chi connectivity index (χ1n) is 13.0. The molecule has 0 aliphatic carbocycles. The van der Waals surface area contributed by atoms with Crippen LogP contribution in [0.3, 0.4) is 0 Å². The van der Waals surface area contributed by atoms with Gasteiger partial charge in [0.1, 0.15) is 6.61 Å². The molecular formula is C31H31BrClN3O3S2. The Kier molecular flexibility index (Phi) is 10.9. The number of rotatable bonds is 11. The number of aromatic nitrogens is 1. The summed E-state index contributed by atoms with van der Waals surface area (Å²) in [4.78, 5) is 17.0.